The summed E-state index contributed by atoms with van der Waals surface area (Å²) in [6, 6.07) is 0. The summed E-state index contributed by atoms with van der Waals surface area (Å²) in [5, 5.41) is 0. The molecule has 0 aromatic rings. The zero-order chi connectivity index (χ0) is 3.58. The van der Waals surface area contributed by atoms with E-state index in [1.807, 2.05) is 0 Å². The molecule has 0 aliphatic heterocycles. The van der Waals surface area contributed by atoms with E-state index in [1.54, 1.807) is 0 Å². The van der Waals surface area contributed by atoms with Crippen molar-refractivity contribution in [2.75, 3.05) is 0 Å². The number of hydrogen-bond acceptors (Lipinski definition) is 1. The summed E-state index contributed by atoms with van der Waals surface area (Å²) >= 11 is -3.29. The Morgan fingerprint density at radius 3 is 1.50 bits per heavy atom. The van der Waals surface area contributed by atoms with Gasteiger partial charge in [-0.15, -0.1) is 0 Å². The Morgan fingerprint density at radius 2 is 1.50 bits per heavy atom. The molecule has 0 heterocycles. The fourth-order valence-corrected chi connectivity index (χ4v) is 0. The van der Waals surface area contributed by atoms with Crippen LogP contribution in [0.3, 0.4) is 0 Å². The van der Waals surface area contributed by atoms with Gasteiger partial charge in [-0.05, 0) is 0 Å². The Morgan fingerprint density at radius 1 is 1.50 bits per heavy atom. The molecule has 3 nitrogen and oxygen atoms in total. The molecule has 1 radical (unpaired) electrons. The molecular weight excluding hydrogens is 201 g/mol. The predicted octanol–water partition coefficient (Wildman–Crippen LogP) is -4.50. The van der Waals surface area contributed by atoms with Crippen molar-refractivity contribution in [1.29, 1.82) is 0 Å². The van der Waals surface area contributed by atoms with E-state index in [0.717, 1.165) is 0 Å². The minimum absolute atomic E-state index is 0. The van der Waals surface area contributed by atoms with E-state index in [9.17, 15) is 0 Å². The minimum Gasteiger partial charge on any atom is -1.00 e. The van der Waals surface area contributed by atoms with Crippen LogP contribution in [0.15, 0.2) is 0 Å². The molecule has 0 aliphatic rings. The summed E-state index contributed by atoms with van der Waals surface area (Å²) < 4.78 is 23.1. The number of rotatable bonds is 0. The molecule has 0 saturated heterocycles. The van der Waals surface area contributed by atoms with Gasteiger partial charge in [-0.2, -0.15) is 0 Å². The maximum absolute atomic E-state index is 8.76. The van der Waals surface area contributed by atoms with Crippen LogP contribution in [-0.2, 0) is 22.4 Å². The van der Waals surface area contributed by atoms with Crippen molar-refractivity contribution in [2.45, 2.75) is 0 Å². The van der Waals surface area contributed by atoms with Gasteiger partial charge >= 0.3 is 56.3 Å². The van der Waals surface area contributed by atoms with Crippen molar-refractivity contribution in [1.82, 2.24) is 0 Å². The molecule has 0 fully saturated rings. The Bertz CT molecular complexity index is 37.9. The first kappa shape index (κ1) is 15.7. The van der Waals surface area contributed by atoms with Crippen molar-refractivity contribution in [3.05, 3.63) is 0 Å². The van der Waals surface area contributed by atoms with E-state index in [1.165, 1.54) is 0 Å². The maximum Gasteiger partial charge on any atom is 1.00 e. The quantitative estimate of drug-likeness (QED) is 0.391. The van der Waals surface area contributed by atoms with E-state index >= 15 is 0 Å². The van der Waals surface area contributed by atoms with Gasteiger partial charge in [0.2, 0.25) is 0 Å². The molecule has 33 valence electrons. The van der Waals surface area contributed by atoms with Gasteiger partial charge in [-0.25, -0.2) is 0 Å². The minimum atomic E-state index is -3.29. The van der Waals surface area contributed by atoms with Crippen molar-refractivity contribution < 1.29 is 61.8 Å². The van der Waals surface area contributed by atoms with E-state index < -0.39 is 14.5 Å². The third kappa shape index (κ3) is 40.7. The van der Waals surface area contributed by atoms with Crippen LogP contribution in [0.4, 0.5) is 0 Å². The van der Waals surface area contributed by atoms with Gasteiger partial charge in [0.05, 0.1) is 0 Å². The second-order valence-corrected chi connectivity index (χ2v) is 1.20. The van der Waals surface area contributed by atoms with E-state index in [2.05, 4.69) is 0 Å². The van der Waals surface area contributed by atoms with Crippen LogP contribution in [0.1, 0.15) is 1.43 Å². The van der Waals surface area contributed by atoms with Crippen LogP contribution in [-0.4, -0.2) is 22.9 Å². The van der Waals surface area contributed by atoms with Crippen molar-refractivity contribution in [2.24, 2.45) is 0 Å². The Labute approximate surface area is 75.5 Å². The Kier molecular flexibility index (Phi) is 26.0. The van der Waals surface area contributed by atoms with Crippen LogP contribution >= 0.6 is 0 Å². The average Bonchev–Trinajstić information content (AvgIpc) is 0.811. The maximum atomic E-state index is 8.76. The molecule has 0 unspecified atom stereocenters. The standard InChI is InChI=1S/Na.H2O3Se.V.H/c;1-4(2)3;;/h;(H2,1,2,3);;/q+1;;;-1. The molecule has 6 heavy (non-hydrogen) atoms. The van der Waals surface area contributed by atoms with Crippen LogP contribution in [0.5, 0.6) is 0 Å². The van der Waals surface area contributed by atoms with Crippen LogP contribution in [0.2, 0.25) is 0 Å². The van der Waals surface area contributed by atoms with Gasteiger partial charge in [-0.3, -0.25) is 0 Å². The molecule has 0 spiro atoms. The van der Waals surface area contributed by atoms with Crippen LogP contribution < -0.4 is 29.6 Å². The SMILES string of the molecule is O=[Se](O)O.[H-].[Na+].[V]. The molecule has 0 rings (SSSR count). The summed E-state index contributed by atoms with van der Waals surface area (Å²) in [7, 11) is 0. The molecule has 0 aromatic carbocycles. The third-order valence-electron chi connectivity index (χ3n) is 0. The van der Waals surface area contributed by atoms with Crippen molar-refractivity contribution in [3.63, 3.8) is 0 Å². The van der Waals surface area contributed by atoms with Crippen LogP contribution in [0, 0.1) is 0 Å². The molecule has 6 heteroatoms. The van der Waals surface area contributed by atoms with Gasteiger partial charge in [0.15, 0.2) is 0 Å². The largest absolute Gasteiger partial charge is 1.00 e. The Hall–Kier alpha value is 1.82. The van der Waals surface area contributed by atoms with Crippen molar-refractivity contribution in [3.8, 4) is 0 Å². The fraction of sp³-hybridized carbons (Fsp3) is 0. The molecule has 0 atom stereocenters. The molecule has 0 saturated carbocycles. The van der Waals surface area contributed by atoms with Gasteiger partial charge in [0.1, 0.15) is 0 Å². The van der Waals surface area contributed by atoms with Gasteiger partial charge in [0.25, 0.3) is 0 Å². The van der Waals surface area contributed by atoms with Gasteiger partial charge < -0.3 is 1.43 Å². The van der Waals surface area contributed by atoms with E-state index in [4.69, 9.17) is 12.2 Å². The number of hydrogen-bond donors (Lipinski definition) is 2. The van der Waals surface area contributed by atoms with Gasteiger partial charge in [0, 0.05) is 18.6 Å². The zero-order valence-corrected chi connectivity index (χ0v) is 8.27. The second kappa shape index (κ2) is 9.95. The zero-order valence-electron chi connectivity index (χ0n) is 4.16. The molecule has 0 amide bonds. The first-order chi connectivity index (χ1) is 1.73. The molecule has 0 aliphatic carbocycles. The van der Waals surface area contributed by atoms with Gasteiger partial charge in [-0.1, -0.05) is 0 Å². The third-order valence-corrected chi connectivity index (χ3v) is 0. The van der Waals surface area contributed by atoms with E-state index in [0.29, 0.717) is 0 Å². The molecule has 0 bridgehead atoms. The molecule has 0 aromatic heterocycles. The molecular formula is H3NaO3SeV. The first-order valence-corrected chi connectivity index (χ1v) is 2.76. The summed E-state index contributed by atoms with van der Waals surface area (Å²) in [4.78, 5) is 0. The Balaban J connectivity index is -0.0000000150. The normalized spacial score (nSPS) is 5.83. The summed E-state index contributed by atoms with van der Waals surface area (Å²) in [6.07, 6.45) is 0. The first-order valence-electron chi connectivity index (χ1n) is 0.532. The summed E-state index contributed by atoms with van der Waals surface area (Å²) in [6.45, 7) is 0. The average molecular weight is 204 g/mol. The monoisotopic (exact) mass is 205 g/mol. The summed E-state index contributed by atoms with van der Waals surface area (Å²) in [5.74, 6) is 0. The fourth-order valence-electron chi connectivity index (χ4n) is 0. The molecule has 2 N–H and O–H groups in total. The summed E-state index contributed by atoms with van der Waals surface area (Å²) in [5.41, 5.74) is 0. The van der Waals surface area contributed by atoms with E-state index in [-0.39, 0.29) is 49.5 Å². The predicted molar refractivity (Wildman–Crippen MR) is 12.0 cm³/mol. The topological polar surface area (TPSA) is 57.5 Å². The van der Waals surface area contributed by atoms with Crippen molar-refractivity contribution >= 4 is 14.5 Å². The second-order valence-electron chi connectivity index (χ2n) is 0.231. The smallest absolute Gasteiger partial charge is 1.00 e. The van der Waals surface area contributed by atoms with Crippen LogP contribution in [0.25, 0.3) is 0 Å².